The summed E-state index contributed by atoms with van der Waals surface area (Å²) >= 11 is 0. The number of aromatic nitrogens is 6. The van der Waals surface area contributed by atoms with Gasteiger partial charge in [-0.25, -0.2) is 9.37 Å². The Morgan fingerprint density at radius 3 is 2.59 bits per heavy atom. The number of nitrogens with zero attached hydrogens (tertiary/aromatic N) is 4. The molecular weight excluding hydrogens is 469 g/mol. The number of fused-ring (bicyclic) bond motifs is 2. The summed E-state index contributed by atoms with van der Waals surface area (Å²) < 4.78 is 14.5. The molecule has 6 aromatic rings. The predicted octanol–water partition coefficient (Wildman–Crippen LogP) is 5.96. The Labute approximate surface area is 211 Å². The van der Waals surface area contributed by atoms with E-state index in [2.05, 4.69) is 30.5 Å². The number of anilines is 1. The molecule has 0 saturated heterocycles. The average molecular weight is 492 g/mol. The Morgan fingerprint density at radius 2 is 1.76 bits per heavy atom. The summed E-state index contributed by atoms with van der Waals surface area (Å²) in [5, 5.41) is 11.3. The molecule has 1 amide bonds. The van der Waals surface area contributed by atoms with Crippen molar-refractivity contribution in [2.75, 3.05) is 5.32 Å². The molecule has 2 aromatic carbocycles. The van der Waals surface area contributed by atoms with Crippen LogP contribution in [0.25, 0.3) is 55.7 Å². The van der Waals surface area contributed by atoms with Crippen LogP contribution in [-0.4, -0.2) is 36.0 Å². The van der Waals surface area contributed by atoms with Crippen molar-refractivity contribution < 1.29 is 9.18 Å². The van der Waals surface area contributed by atoms with E-state index in [0.29, 0.717) is 39.4 Å². The Morgan fingerprint density at radius 1 is 0.919 bits per heavy atom. The summed E-state index contributed by atoms with van der Waals surface area (Å²) in [6.45, 7) is 3.68. The second-order valence-electron chi connectivity index (χ2n) is 9.09. The Hall–Kier alpha value is -4.92. The third kappa shape index (κ3) is 4.10. The molecule has 4 aromatic heterocycles. The van der Waals surface area contributed by atoms with Crippen LogP contribution < -0.4 is 5.32 Å². The van der Waals surface area contributed by atoms with Gasteiger partial charge in [0.25, 0.3) is 0 Å². The van der Waals surface area contributed by atoms with Crippen LogP contribution in [0.2, 0.25) is 0 Å². The molecule has 6 rings (SSSR count). The summed E-state index contributed by atoms with van der Waals surface area (Å²) in [7, 11) is 0. The fourth-order valence-electron chi connectivity index (χ4n) is 4.25. The number of pyridine rings is 2. The molecule has 4 heterocycles. The van der Waals surface area contributed by atoms with Crippen molar-refractivity contribution in [3.8, 4) is 33.8 Å². The lowest BCUT2D eigenvalue weighted by atomic mass is 10.0. The van der Waals surface area contributed by atoms with Crippen molar-refractivity contribution >= 4 is 33.5 Å². The van der Waals surface area contributed by atoms with E-state index in [4.69, 9.17) is 4.98 Å². The SMILES string of the molecule is CC(C)C(=O)Nc1cncc(-c2ccc3[nH]nc(-c4nc5c(-c6ccccc6F)cncc5[nH]4)c3c2)c1. The number of halogens is 1. The molecule has 0 aliphatic heterocycles. The first kappa shape index (κ1) is 22.5. The van der Waals surface area contributed by atoms with Gasteiger partial charge >= 0.3 is 0 Å². The van der Waals surface area contributed by atoms with Crippen LogP contribution in [0.1, 0.15) is 13.8 Å². The number of aromatic amines is 2. The fraction of sp³-hybridized carbons (Fsp3) is 0.107. The number of imidazole rings is 1. The van der Waals surface area contributed by atoms with Gasteiger partial charge in [-0.05, 0) is 29.8 Å². The van der Waals surface area contributed by atoms with E-state index >= 15 is 0 Å². The van der Waals surface area contributed by atoms with Crippen LogP contribution in [0.3, 0.4) is 0 Å². The minimum absolute atomic E-state index is 0.0688. The minimum Gasteiger partial charge on any atom is -0.335 e. The fourth-order valence-corrected chi connectivity index (χ4v) is 4.25. The van der Waals surface area contributed by atoms with Crippen LogP contribution >= 0.6 is 0 Å². The van der Waals surface area contributed by atoms with Gasteiger partial charge in [0.05, 0.1) is 29.1 Å². The molecule has 0 spiro atoms. The first-order valence-electron chi connectivity index (χ1n) is 11.8. The predicted molar refractivity (Wildman–Crippen MR) is 141 cm³/mol. The third-order valence-electron chi connectivity index (χ3n) is 6.21. The number of hydrogen-bond donors (Lipinski definition) is 3. The van der Waals surface area contributed by atoms with Gasteiger partial charge < -0.3 is 10.3 Å². The number of nitrogens with one attached hydrogen (secondary N) is 3. The number of rotatable bonds is 5. The summed E-state index contributed by atoms with van der Waals surface area (Å²) in [5.41, 5.74) is 6.19. The number of amides is 1. The summed E-state index contributed by atoms with van der Waals surface area (Å²) in [5.74, 6) is 0.00347. The molecule has 37 heavy (non-hydrogen) atoms. The van der Waals surface area contributed by atoms with Gasteiger partial charge in [0.1, 0.15) is 17.0 Å². The first-order chi connectivity index (χ1) is 18.0. The van der Waals surface area contributed by atoms with Crippen LogP contribution in [0, 0.1) is 11.7 Å². The van der Waals surface area contributed by atoms with E-state index in [9.17, 15) is 9.18 Å². The molecule has 0 aliphatic carbocycles. The van der Waals surface area contributed by atoms with Gasteiger partial charge in [-0.15, -0.1) is 0 Å². The van der Waals surface area contributed by atoms with Crippen LogP contribution in [0.15, 0.2) is 73.3 Å². The largest absolute Gasteiger partial charge is 0.335 e. The smallest absolute Gasteiger partial charge is 0.226 e. The third-order valence-corrected chi connectivity index (χ3v) is 6.21. The maximum atomic E-state index is 14.5. The lowest BCUT2D eigenvalue weighted by Gasteiger charge is -2.09. The number of H-pyrrole nitrogens is 2. The monoisotopic (exact) mass is 491 g/mol. The van der Waals surface area contributed by atoms with Crippen LogP contribution in [0.5, 0.6) is 0 Å². The highest BCUT2D eigenvalue weighted by molar-refractivity contribution is 5.98. The van der Waals surface area contributed by atoms with E-state index < -0.39 is 0 Å². The number of hydrogen-bond acceptors (Lipinski definition) is 5. The van der Waals surface area contributed by atoms with E-state index in [1.165, 1.54) is 6.07 Å². The van der Waals surface area contributed by atoms with E-state index in [1.807, 2.05) is 38.1 Å². The van der Waals surface area contributed by atoms with Gasteiger partial charge in [0.2, 0.25) is 5.91 Å². The molecule has 0 bridgehead atoms. The Kier molecular flexibility index (Phi) is 5.45. The zero-order chi connectivity index (χ0) is 25.5. The highest BCUT2D eigenvalue weighted by atomic mass is 19.1. The van der Waals surface area contributed by atoms with Gasteiger partial charge in [-0.3, -0.25) is 19.9 Å². The van der Waals surface area contributed by atoms with Crippen molar-refractivity contribution in [1.29, 1.82) is 0 Å². The molecule has 8 nitrogen and oxygen atoms in total. The normalized spacial score (nSPS) is 11.5. The average Bonchev–Trinajstić information content (AvgIpc) is 3.53. The first-order valence-corrected chi connectivity index (χ1v) is 11.8. The molecule has 0 unspecified atom stereocenters. The van der Waals surface area contributed by atoms with Crippen molar-refractivity contribution in [1.82, 2.24) is 30.1 Å². The minimum atomic E-state index is -0.336. The van der Waals surface area contributed by atoms with Crippen molar-refractivity contribution in [3.05, 3.63) is 79.1 Å². The molecule has 0 saturated carbocycles. The van der Waals surface area contributed by atoms with Crippen LogP contribution in [0.4, 0.5) is 10.1 Å². The topological polar surface area (TPSA) is 112 Å². The number of benzene rings is 2. The van der Waals surface area contributed by atoms with Gasteiger partial charge in [0, 0.05) is 40.4 Å². The second kappa shape index (κ2) is 8.94. The molecule has 182 valence electrons. The van der Waals surface area contributed by atoms with Crippen molar-refractivity contribution in [3.63, 3.8) is 0 Å². The summed E-state index contributed by atoms with van der Waals surface area (Å²) in [4.78, 5) is 28.8. The van der Waals surface area contributed by atoms with Gasteiger partial charge in [-0.2, -0.15) is 5.10 Å². The lowest BCUT2D eigenvalue weighted by Crippen LogP contribution is -2.17. The molecule has 0 radical (unpaired) electrons. The van der Waals surface area contributed by atoms with E-state index in [0.717, 1.165) is 22.0 Å². The van der Waals surface area contributed by atoms with Gasteiger partial charge in [0.15, 0.2) is 5.82 Å². The lowest BCUT2D eigenvalue weighted by molar-refractivity contribution is -0.118. The highest BCUT2D eigenvalue weighted by Crippen LogP contribution is 2.33. The molecule has 0 atom stereocenters. The maximum Gasteiger partial charge on any atom is 0.226 e. The van der Waals surface area contributed by atoms with E-state index in [-0.39, 0.29) is 17.6 Å². The second-order valence-corrected chi connectivity index (χ2v) is 9.09. The highest BCUT2D eigenvalue weighted by Gasteiger charge is 2.17. The molecule has 3 N–H and O–H groups in total. The Balaban J connectivity index is 1.42. The van der Waals surface area contributed by atoms with E-state index in [1.54, 1.807) is 43.0 Å². The van der Waals surface area contributed by atoms with Crippen molar-refractivity contribution in [2.45, 2.75) is 13.8 Å². The Bertz CT molecular complexity index is 1790. The molecule has 0 fully saturated rings. The molecular formula is C28H22FN7O. The number of carbonyl (C=O) groups is 1. The zero-order valence-corrected chi connectivity index (χ0v) is 20.1. The summed E-state index contributed by atoms with van der Waals surface area (Å²) in [6.07, 6.45) is 6.66. The van der Waals surface area contributed by atoms with Crippen molar-refractivity contribution in [2.24, 2.45) is 5.92 Å². The number of carbonyl (C=O) groups excluding carboxylic acids is 1. The van der Waals surface area contributed by atoms with Gasteiger partial charge in [-0.1, -0.05) is 38.1 Å². The zero-order valence-electron chi connectivity index (χ0n) is 20.1. The quantitative estimate of drug-likeness (QED) is 0.275. The maximum absolute atomic E-state index is 14.5. The standard InChI is InChI=1S/C28H22FN7O/c1-15(2)28(37)32-18-9-17(11-30-12-18)16-7-8-23-20(10-16)26(36-35-23)27-33-24-14-31-13-21(25(24)34-27)19-5-3-4-6-22(19)29/h3-15H,1-2H3,(H,32,37)(H,33,34)(H,35,36). The molecule has 0 aliphatic rings. The summed E-state index contributed by atoms with van der Waals surface area (Å²) in [6, 6.07) is 14.4. The van der Waals surface area contributed by atoms with Crippen LogP contribution in [-0.2, 0) is 4.79 Å². The molecule has 9 heteroatoms.